The molecule has 2 aliphatic rings. The second-order valence-electron chi connectivity index (χ2n) is 18.7. The average molecular weight is 906 g/mol. The van der Waals surface area contributed by atoms with Crippen LogP contribution in [0.1, 0.15) is 213 Å². The first kappa shape index (κ1) is 58.1. The molecular formula is C49H95NO13. The van der Waals surface area contributed by atoms with Crippen molar-refractivity contribution < 1.29 is 64.6 Å². The Morgan fingerprint density at radius 2 is 0.905 bits per heavy atom. The Bertz CT molecular complexity index is 1070. The van der Waals surface area contributed by atoms with E-state index in [4.69, 9.17) is 18.9 Å². The van der Waals surface area contributed by atoms with Crippen LogP contribution >= 0.6 is 0 Å². The summed E-state index contributed by atoms with van der Waals surface area (Å²) in [6.45, 7) is 2.86. The van der Waals surface area contributed by atoms with Gasteiger partial charge in [0.05, 0.1) is 32.0 Å². The van der Waals surface area contributed by atoms with Gasteiger partial charge in [-0.25, -0.2) is 0 Å². The summed E-state index contributed by atoms with van der Waals surface area (Å²) >= 11 is 0. The van der Waals surface area contributed by atoms with Gasteiger partial charge in [-0.1, -0.05) is 194 Å². The van der Waals surface area contributed by atoms with E-state index in [2.05, 4.69) is 19.2 Å². The number of ether oxygens (including phenoxy) is 4. The van der Waals surface area contributed by atoms with Crippen molar-refractivity contribution in [1.29, 1.82) is 0 Å². The molecule has 2 rings (SSSR count). The Kier molecular flexibility index (Phi) is 34.2. The minimum Gasteiger partial charge on any atom is -0.394 e. The number of amides is 1. The molecule has 2 heterocycles. The SMILES string of the molecule is CCCCCCCCCCCCCCCCCC[C@@H](O)[C@H](CO[C@@H]1O[C@H](CO)[C@@H](O[C@@H]2O[C@H](CO)[C@H](O)C(O)C2O)C(O)C1O)NC(=O)CCCCCCCCCCCCCCC. The third-order valence-corrected chi connectivity index (χ3v) is 13.1. The van der Waals surface area contributed by atoms with Gasteiger partial charge in [-0.2, -0.15) is 0 Å². The molecule has 374 valence electrons. The van der Waals surface area contributed by atoms with Crippen molar-refractivity contribution in [3.63, 3.8) is 0 Å². The van der Waals surface area contributed by atoms with E-state index < -0.39 is 86.8 Å². The lowest BCUT2D eigenvalue weighted by atomic mass is 9.97. The number of carbonyl (C=O) groups is 1. The standard InChI is InChI=1S/C49H95NO13/c1-3-5-7-9-11-13-15-17-18-19-21-22-24-26-28-30-32-38(53)37(50-41(54)33-31-29-27-25-23-20-16-14-12-10-8-6-4-2)36-60-48-46(59)44(57)47(40(35-52)62-48)63-49-45(58)43(56)42(55)39(34-51)61-49/h37-40,42-49,51-53,55-59H,3-36H2,1-2H3,(H,50,54)/t37-,38+,39+,40+,42-,43?,44?,45?,46?,47+,48+,49-/m0/s1. The number of rotatable bonds is 40. The first-order valence-electron chi connectivity index (χ1n) is 25.8. The normalized spacial score (nSPS) is 27.4. The quantitative estimate of drug-likeness (QED) is 0.0296. The van der Waals surface area contributed by atoms with Crippen LogP contribution in [0.4, 0.5) is 0 Å². The molecule has 0 saturated carbocycles. The van der Waals surface area contributed by atoms with Gasteiger partial charge in [0.15, 0.2) is 12.6 Å². The highest BCUT2D eigenvalue weighted by atomic mass is 16.7. The van der Waals surface area contributed by atoms with Gasteiger partial charge in [-0.15, -0.1) is 0 Å². The van der Waals surface area contributed by atoms with E-state index in [1.165, 1.54) is 135 Å². The molecule has 0 radical (unpaired) electrons. The zero-order chi connectivity index (χ0) is 46.1. The molecule has 2 fully saturated rings. The predicted molar refractivity (Wildman–Crippen MR) is 245 cm³/mol. The lowest BCUT2D eigenvalue weighted by Gasteiger charge is -2.46. The van der Waals surface area contributed by atoms with Crippen molar-refractivity contribution in [2.45, 2.75) is 286 Å². The van der Waals surface area contributed by atoms with Gasteiger partial charge in [-0.3, -0.25) is 4.79 Å². The molecule has 0 aromatic carbocycles. The molecule has 63 heavy (non-hydrogen) atoms. The van der Waals surface area contributed by atoms with Crippen LogP contribution in [0.2, 0.25) is 0 Å². The van der Waals surface area contributed by atoms with Crippen molar-refractivity contribution in [3.8, 4) is 0 Å². The predicted octanol–water partition coefficient (Wildman–Crippen LogP) is 6.61. The minimum atomic E-state index is -1.78. The fourth-order valence-electron chi connectivity index (χ4n) is 8.83. The van der Waals surface area contributed by atoms with Crippen LogP contribution in [0.5, 0.6) is 0 Å². The van der Waals surface area contributed by atoms with E-state index in [1.54, 1.807) is 0 Å². The Hall–Kier alpha value is -1.01. The van der Waals surface area contributed by atoms with Gasteiger partial charge >= 0.3 is 0 Å². The van der Waals surface area contributed by atoms with E-state index in [9.17, 15) is 45.6 Å². The second-order valence-corrected chi connectivity index (χ2v) is 18.7. The zero-order valence-corrected chi connectivity index (χ0v) is 39.6. The van der Waals surface area contributed by atoms with Crippen molar-refractivity contribution in [2.75, 3.05) is 19.8 Å². The van der Waals surface area contributed by atoms with Crippen LogP contribution in [0, 0.1) is 0 Å². The lowest BCUT2D eigenvalue weighted by Crippen LogP contribution is -2.65. The molecule has 1 amide bonds. The molecule has 0 bridgehead atoms. The highest BCUT2D eigenvalue weighted by Gasteiger charge is 2.51. The Balaban J connectivity index is 1.83. The molecule has 0 aliphatic carbocycles. The lowest BCUT2D eigenvalue weighted by molar-refractivity contribution is -0.359. The van der Waals surface area contributed by atoms with Gasteiger partial charge in [0.1, 0.15) is 48.8 Å². The van der Waals surface area contributed by atoms with E-state index >= 15 is 0 Å². The summed E-state index contributed by atoms with van der Waals surface area (Å²) in [6, 6.07) is -0.820. The molecule has 0 aromatic heterocycles. The summed E-state index contributed by atoms with van der Waals surface area (Å²) in [5.41, 5.74) is 0. The van der Waals surface area contributed by atoms with Gasteiger partial charge in [0.2, 0.25) is 5.91 Å². The smallest absolute Gasteiger partial charge is 0.220 e. The van der Waals surface area contributed by atoms with Crippen LogP contribution in [0.3, 0.4) is 0 Å². The molecule has 14 heteroatoms. The number of aliphatic hydroxyl groups excluding tert-OH is 8. The third kappa shape index (κ3) is 24.5. The van der Waals surface area contributed by atoms with Gasteiger partial charge < -0.3 is 65.1 Å². The number of unbranched alkanes of at least 4 members (excludes halogenated alkanes) is 27. The number of hydrogen-bond donors (Lipinski definition) is 9. The monoisotopic (exact) mass is 906 g/mol. The van der Waals surface area contributed by atoms with Crippen molar-refractivity contribution in [2.24, 2.45) is 0 Å². The van der Waals surface area contributed by atoms with E-state index in [0.29, 0.717) is 12.8 Å². The second kappa shape index (κ2) is 37.0. The van der Waals surface area contributed by atoms with Crippen molar-refractivity contribution in [1.82, 2.24) is 5.32 Å². The number of nitrogens with one attached hydrogen (secondary N) is 1. The zero-order valence-electron chi connectivity index (χ0n) is 39.6. The summed E-state index contributed by atoms with van der Waals surface area (Å²) in [6.07, 6.45) is 19.6. The Labute approximate surface area is 381 Å². The maximum absolute atomic E-state index is 13.2. The topological polar surface area (TPSA) is 228 Å². The average Bonchev–Trinajstić information content (AvgIpc) is 3.28. The number of carbonyl (C=O) groups excluding carboxylic acids is 1. The van der Waals surface area contributed by atoms with E-state index in [0.717, 1.165) is 51.4 Å². The Morgan fingerprint density at radius 1 is 0.508 bits per heavy atom. The molecule has 2 aliphatic heterocycles. The molecule has 0 aromatic rings. The fraction of sp³-hybridized carbons (Fsp3) is 0.980. The maximum Gasteiger partial charge on any atom is 0.220 e. The molecule has 0 spiro atoms. The summed E-state index contributed by atoms with van der Waals surface area (Å²) in [4.78, 5) is 13.2. The van der Waals surface area contributed by atoms with Crippen LogP contribution in [0.25, 0.3) is 0 Å². The summed E-state index contributed by atoms with van der Waals surface area (Å²) < 4.78 is 22.7. The summed E-state index contributed by atoms with van der Waals surface area (Å²) in [5.74, 6) is -0.205. The molecular weight excluding hydrogens is 811 g/mol. The number of hydrogen-bond acceptors (Lipinski definition) is 13. The fourth-order valence-corrected chi connectivity index (χ4v) is 8.83. The van der Waals surface area contributed by atoms with Gasteiger partial charge in [0.25, 0.3) is 0 Å². The van der Waals surface area contributed by atoms with Gasteiger partial charge in [-0.05, 0) is 12.8 Å². The highest BCUT2D eigenvalue weighted by Crippen LogP contribution is 2.30. The van der Waals surface area contributed by atoms with E-state index in [1.807, 2.05) is 0 Å². The molecule has 2 saturated heterocycles. The molecule has 4 unspecified atom stereocenters. The van der Waals surface area contributed by atoms with Crippen LogP contribution in [-0.2, 0) is 23.7 Å². The van der Waals surface area contributed by atoms with Crippen LogP contribution < -0.4 is 5.32 Å². The first-order chi connectivity index (χ1) is 30.6. The first-order valence-corrected chi connectivity index (χ1v) is 25.8. The molecule has 9 N–H and O–H groups in total. The highest BCUT2D eigenvalue weighted by molar-refractivity contribution is 5.76. The minimum absolute atomic E-state index is 0.205. The molecule has 12 atom stereocenters. The van der Waals surface area contributed by atoms with Crippen molar-refractivity contribution >= 4 is 5.91 Å². The largest absolute Gasteiger partial charge is 0.394 e. The van der Waals surface area contributed by atoms with Crippen LogP contribution in [0.15, 0.2) is 0 Å². The Morgan fingerprint density at radius 3 is 1.35 bits per heavy atom. The van der Waals surface area contributed by atoms with E-state index in [-0.39, 0.29) is 12.5 Å². The van der Waals surface area contributed by atoms with Crippen LogP contribution in [-0.4, -0.2) is 140 Å². The molecule has 14 nitrogen and oxygen atoms in total. The maximum atomic E-state index is 13.2. The third-order valence-electron chi connectivity index (χ3n) is 13.1. The summed E-state index contributed by atoms with van der Waals surface area (Å²) in [5, 5.41) is 86.9. The summed E-state index contributed by atoms with van der Waals surface area (Å²) in [7, 11) is 0. The van der Waals surface area contributed by atoms with Crippen molar-refractivity contribution in [3.05, 3.63) is 0 Å². The number of aliphatic hydroxyl groups is 8. The van der Waals surface area contributed by atoms with Gasteiger partial charge in [0, 0.05) is 6.42 Å².